The highest BCUT2D eigenvalue weighted by atomic mass is 16.5. The quantitative estimate of drug-likeness (QED) is 0.672. The number of benzene rings is 2. The van der Waals surface area contributed by atoms with Gasteiger partial charge in [-0.25, -0.2) is 4.90 Å². The molecule has 1 heterocycles. The van der Waals surface area contributed by atoms with Crippen LogP contribution in [0.4, 0.5) is 5.69 Å². The molecule has 2 aromatic rings. The molecule has 0 bridgehead atoms. The molecule has 0 N–H and O–H groups in total. The summed E-state index contributed by atoms with van der Waals surface area (Å²) < 4.78 is 5.14. The van der Waals surface area contributed by atoms with E-state index < -0.39 is 6.04 Å². The lowest BCUT2D eigenvalue weighted by atomic mass is 10.0. The van der Waals surface area contributed by atoms with E-state index in [4.69, 9.17) is 4.74 Å². The van der Waals surface area contributed by atoms with Crippen molar-refractivity contribution in [1.29, 1.82) is 0 Å². The van der Waals surface area contributed by atoms with Gasteiger partial charge in [-0.05, 0) is 43.2 Å². The highest BCUT2D eigenvalue weighted by Crippen LogP contribution is 2.32. The topological polar surface area (TPSA) is 66.9 Å². The molecule has 3 rings (SSSR count). The van der Waals surface area contributed by atoms with Crippen molar-refractivity contribution >= 4 is 23.4 Å². The van der Waals surface area contributed by atoms with Crippen molar-refractivity contribution in [3.63, 3.8) is 0 Å². The summed E-state index contributed by atoms with van der Waals surface area (Å²) in [5.74, 6) is -0.152. The first-order valence-electron chi connectivity index (χ1n) is 9.84. The van der Waals surface area contributed by atoms with Crippen LogP contribution in [-0.4, -0.2) is 35.8 Å². The van der Waals surface area contributed by atoms with Gasteiger partial charge in [-0.2, -0.15) is 0 Å². The summed E-state index contributed by atoms with van der Waals surface area (Å²) in [4.78, 5) is 41.7. The van der Waals surface area contributed by atoms with Gasteiger partial charge in [0.05, 0.1) is 25.3 Å². The lowest BCUT2D eigenvalue weighted by Gasteiger charge is -2.33. The van der Waals surface area contributed by atoms with Crippen LogP contribution in [0, 0.1) is 0 Å². The summed E-state index contributed by atoms with van der Waals surface area (Å²) in [6.45, 7) is 3.82. The van der Waals surface area contributed by atoms with Crippen molar-refractivity contribution in [2.45, 2.75) is 45.2 Å². The Balaban J connectivity index is 1.92. The summed E-state index contributed by atoms with van der Waals surface area (Å²) >= 11 is 0. The number of rotatable bonds is 7. The lowest BCUT2D eigenvalue weighted by Crippen LogP contribution is -2.46. The predicted octanol–water partition coefficient (Wildman–Crippen LogP) is 3.72. The van der Waals surface area contributed by atoms with Gasteiger partial charge in [-0.1, -0.05) is 37.3 Å². The normalized spacial score (nSPS) is 17.3. The fourth-order valence-corrected chi connectivity index (χ4v) is 3.73. The van der Waals surface area contributed by atoms with Crippen LogP contribution < -0.4 is 9.64 Å². The molecule has 0 radical (unpaired) electrons. The maximum absolute atomic E-state index is 13.2. The Kier molecular flexibility index (Phi) is 6.32. The van der Waals surface area contributed by atoms with Crippen LogP contribution in [0.15, 0.2) is 54.6 Å². The lowest BCUT2D eigenvalue weighted by molar-refractivity contribution is -0.141. The Bertz CT molecular complexity index is 880. The molecule has 0 saturated carbocycles. The van der Waals surface area contributed by atoms with Crippen LogP contribution in [0.3, 0.4) is 0 Å². The van der Waals surface area contributed by atoms with Gasteiger partial charge in [0.1, 0.15) is 11.8 Å². The Hall–Kier alpha value is -3.15. The van der Waals surface area contributed by atoms with E-state index in [1.807, 2.05) is 44.2 Å². The molecular weight excluding hydrogens is 368 g/mol. The number of hydrogen-bond acceptors (Lipinski definition) is 4. The minimum atomic E-state index is -0.807. The zero-order valence-electron chi connectivity index (χ0n) is 17.0. The zero-order chi connectivity index (χ0) is 21.0. The molecule has 29 heavy (non-hydrogen) atoms. The molecule has 1 aliphatic rings. The van der Waals surface area contributed by atoms with Gasteiger partial charge in [0.2, 0.25) is 11.8 Å². The molecule has 2 atom stereocenters. The number of carbonyl (C=O) groups is 3. The molecule has 0 aliphatic carbocycles. The number of amides is 3. The molecule has 3 amide bonds. The van der Waals surface area contributed by atoms with Gasteiger partial charge in [0.15, 0.2) is 0 Å². The molecule has 1 aliphatic heterocycles. The number of methoxy groups -OCH3 is 1. The Morgan fingerprint density at radius 3 is 2.38 bits per heavy atom. The Labute approximate surface area is 171 Å². The molecule has 152 valence electrons. The van der Waals surface area contributed by atoms with E-state index in [1.54, 1.807) is 36.3 Å². The largest absolute Gasteiger partial charge is 0.497 e. The van der Waals surface area contributed by atoms with Crippen molar-refractivity contribution in [2.24, 2.45) is 0 Å². The second-order valence-corrected chi connectivity index (χ2v) is 7.12. The van der Waals surface area contributed by atoms with Gasteiger partial charge in [-0.15, -0.1) is 0 Å². The van der Waals surface area contributed by atoms with E-state index >= 15 is 0 Å². The number of imide groups is 1. The first-order valence-corrected chi connectivity index (χ1v) is 9.84. The summed E-state index contributed by atoms with van der Waals surface area (Å²) in [6.07, 6.45) is 0.989. The minimum Gasteiger partial charge on any atom is -0.497 e. The fraction of sp³-hybridized carbons (Fsp3) is 0.348. The van der Waals surface area contributed by atoms with Crippen LogP contribution in [0.5, 0.6) is 5.75 Å². The summed E-state index contributed by atoms with van der Waals surface area (Å²) in [5, 5.41) is 0. The molecule has 1 saturated heterocycles. The number of ether oxygens (including phenoxy) is 1. The van der Waals surface area contributed by atoms with Gasteiger partial charge < -0.3 is 9.64 Å². The molecule has 6 nitrogen and oxygen atoms in total. The fourth-order valence-electron chi connectivity index (χ4n) is 3.73. The number of carbonyl (C=O) groups excluding carboxylic acids is 3. The Morgan fingerprint density at radius 2 is 1.79 bits per heavy atom. The first kappa shape index (κ1) is 20.6. The standard InChI is InChI=1S/C23H26N2O4/c1-4-8-21(26)24(16(2)17-9-6-5-7-10-17)20-15-22(27)25(23(20)28)18-11-13-19(29-3)14-12-18/h5-7,9-14,16,20H,4,8,15H2,1-3H3. The van der Waals surface area contributed by atoms with Crippen LogP contribution in [0.1, 0.15) is 44.7 Å². The number of hydrogen-bond donors (Lipinski definition) is 0. The monoisotopic (exact) mass is 394 g/mol. The van der Waals surface area contributed by atoms with Gasteiger partial charge in [-0.3, -0.25) is 14.4 Å². The van der Waals surface area contributed by atoms with Crippen molar-refractivity contribution in [3.8, 4) is 5.75 Å². The van der Waals surface area contributed by atoms with Gasteiger partial charge in [0.25, 0.3) is 5.91 Å². The van der Waals surface area contributed by atoms with Crippen molar-refractivity contribution in [3.05, 3.63) is 60.2 Å². The highest BCUT2D eigenvalue weighted by Gasteiger charge is 2.45. The number of nitrogens with zero attached hydrogens (tertiary/aromatic N) is 2. The van der Waals surface area contributed by atoms with E-state index in [0.717, 1.165) is 5.56 Å². The maximum Gasteiger partial charge on any atom is 0.257 e. The van der Waals surface area contributed by atoms with Crippen LogP contribution in [-0.2, 0) is 14.4 Å². The third-order valence-corrected chi connectivity index (χ3v) is 5.24. The Morgan fingerprint density at radius 1 is 1.14 bits per heavy atom. The van der Waals surface area contributed by atoms with Crippen molar-refractivity contribution in [2.75, 3.05) is 12.0 Å². The van der Waals surface area contributed by atoms with Crippen LogP contribution in [0.2, 0.25) is 0 Å². The second-order valence-electron chi connectivity index (χ2n) is 7.12. The molecule has 0 spiro atoms. The minimum absolute atomic E-state index is 0.0164. The first-order chi connectivity index (χ1) is 14.0. The van der Waals surface area contributed by atoms with Crippen molar-refractivity contribution < 1.29 is 19.1 Å². The van der Waals surface area contributed by atoms with E-state index in [2.05, 4.69) is 0 Å². The van der Waals surface area contributed by atoms with Crippen molar-refractivity contribution in [1.82, 2.24) is 4.90 Å². The maximum atomic E-state index is 13.2. The molecule has 6 heteroatoms. The summed E-state index contributed by atoms with van der Waals surface area (Å²) in [5.41, 5.74) is 1.42. The van der Waals surface area contributed by atoms with Gasteiger partial charge >= 0.3 is 0 Å². The van der Waals surface area contributed by atoms with Crippen LogP contribution >= 0.6 is 0 Å². The molecular formula is C23H26N2O4. The van der Waals surface area contributed by atoms with Gasteiger partial charge in [0, 0.05) is 6.42 Å². The second kappa shape index (κ2) is 8.90. The highest BCUT2D eigenvalue weighted by molar-refractivity contribution is 6.23. The van der Waals surface area contributed by atoms with Crippen LogP contribution in [0.25, 0.3) is 0 Å². The molecule has 2 unspecified atom stereocenters. The third kappa shape index (κ3) is 4.16. The predicted molar refractivity (Wildman–Crippen MR) is 111 cm³/mol. The summed E-state index contributed by atoms with van der Waals surface area (Å²) in [7, 11) is 1.55. The van der Waals surface area contributed by atoms with E-state index in [0.29, 0.717) is 24.3 Å². The smallest absolute Gasteiger partial charge is 0.257 e. The van der Waals surface area contributed by atoms with E-state index in [9.17, 15) is 14.4 Å². The molecule has 0 aromatic heterocycles. The zero-order valence-corrected chi connectivity index (χ0v) is 17.0. The average Bonchev–Trinajstić information content (AvgIpc) is 3.03. The van der Waals surface area contributed by atoms with E-state index in [1.165, 1.54) is 4.90 Å². The average molecular weight is 394 g/mol. The summed E-state index contributed by atoms with van der Waals surface area (Å²) in [6, 6.07) is 15.2. The number of anilines is 1. The molecule has 2 aromatic carbocycles. The molecule has 1 fully saturated rings. The third-order valence-electron chi connectivity index (χ3n) is 5.24. The van der Waals surface area contributed by atoms with E-state index in [-0.39, 0.29) is 30.2 Å². The SMILES string of the molecule is CCCC(=O)N(C1CC(=O)N(c2ccc(OC)cc2)C1=O)C(C)c1ccccc1.